The highest BCUT2D eigenvalue weighted by Crippen LogP contribution is 2.33. The Kier molecular flexibility index (Phi) is 8.70. The maximum absolute atomic E-state index is 13.5. The Hall–Kier alpha value is -4.62. The molecule has 7 heteroatoms. The van der Waals surface area contributed by atoms with Crippen molar-refractivity contribution in [2.24, 2.45) is 4.99 Å². The number of nitrogens with one attached hydrogen (secondary N) is 3. The molecule has 0 unspecified atom stereocenters. The van der Waals surface area contributed by atoms with Crippen LogP contribution in [0.5, 0.6) is 5.88 Å². The molecular weight excluding hydrogens is 534 g/mol. The number of dihydropyridines is 1. The van der Waals surface area contributed by atoms with Crippen LogP contribution in [0.25, 0.3) is 10.9 Å². The number of piperidine rings is 1. The number of carbonyl (C=O) groups is 1. The topological polar surface area (TPSA) is 92.8 Å². The maximum Gasteiger partial charge on any atom is 0.251 e. The molecule has 3 heterocycles. The normalized spacial score (nSPS) is 16.5. The van der Waals surface area contributed by atoms with Gasteiger partial charge in [0, 0.05) is 29.6 Å². The summed E-state index contributed by atoms with van der Waals surface area (Å²) < 4.78 is 0. The summed E-state index contributed by atoms with van der Waals surface area (Å²) in [5, 5.41) is 18.6. The molecule has 0 bridgehead atoms. The highest BCUT2D eigenvalue weighted by molar-refractivity contribution is 6.22. The van der Waals surface area contributed by atoms with Crippen LogP contribution in [0, 0.1) is 0 Å². The van der Waals surface area contributed by atoms with Crippen LogP contribution in [0.3, 0.4) is 0 Å². The number of nitrogens with zero attached hydrogens (tertiary/aromatic N) is 2. The van der Waals surface area contributed by atoms with Crippen molar-refractivity contribution in [3.05, 3.63) is 119 Å². The van der Waals surface area contributed by atoms with Crippen molar-refractivity contribution in [2.45, 2.75) is 45.2 Å². The average Bonchev–Trinajstić information content (AvgIpc) is 3.38. The van der Waals surface area contributed by atoms with Gasteiger partial charge in [0.1, 0.15) is 5.71 Å². The summed E-state index contributed by atoms with van der Waals surface area (Å²) in [6, 6.07) is 23.7. The summed E-state index contributed by atoms with van der Waals surface area (Å²) in [6.45, 7) is 5.89. The van der Waals surface area contributed by atoms with Crippen molar-refractivity contribution in [3.8, 4) is 5.88 Å². The van der Waals surface area contributed by atoms with E-state index in [2.05, 4.69) is 39.6 Å². The number of hydrogen-bond acceptors (Lipinski definition) is 5. The number of hydrogen-bond donors (Lipinski definition) is 4. The van der Waals surface area contributed by atoms with Crippen LogP contribution in [-0.4, -0.2) is 46.2 Å². The lowest BCUT2D eigenvalue weighted by atomic mass is 10.0. The number of aliphatic imine (C=N–C) groups is 1. The Morgan fingerprint density at radius 3 is 2.63 bits per heavy atom. The summed E-state index contributed by atoms with van der Waals surface area (Å²) in [6.07, 6.45) is 10.6. The van der Waals surface area contributed by atoms with E-state index in [4.69, 9.17) is 4.99 Å². The van der Waals surface area contributed by atoms with Gasteiger partial charge in [-0.25, -0.2) is 4.99 Å². The molecule has 43 heavy (non-hydrogen) atoms. The number of benzene rings is 3. The quantitative estimate of drug-likeness (QED) is 0.164. The Morgan fingerprint density at radius 2 is 1.86 bits per heavy atom. The molecule has 3 aromatic carbocycles. The van der Waals surface area contributed by atoms with E-state index in [0.717, 1.165) is 53.9 Å². The van der Waals surface area contributed by atoms with Gasteiger partial charge in [-0.3, -0.25) is 9.69 Å². The second-order valence-electron chi connectivity index (χ2n) is 11.3. The maximum atomic E-state index is 13.5. The van der Waals surface area contributed by atoms with Crippen molar-refractivity contribution in [1.29, 1.82) is 0 Å². The Morgan fingerprint density at radius 1 is 1.02 bits per heavy atom. The van der Waals surface area contributed by atoms with E-state index in [1.54, 1.807) is 6.07 Å². The van der Waals surface area contributed by atoms with E-state index in [0.29, 0.717) is 23.4 Å². The second-order valence-corrected chi connectivity index (χ2v) is 11.3. The Balaban J connectivity index is 1.36. The molecule has 2 aliphatic heterocycles. The zero-order valence-corrected chi connectivity index (χ0v) is 24.6. The van der Waals surface area contributed by atoms with Gasteiger partial charge in [-0.2, -0.15) is 0 Å². The molecule has 2 aliphatic rings. The monoisotopic (exact) mass is 573 g/mol. The fourth-order valence-electron chi connectivity index (χ4n) is 6.01. The lowest BCUT2D eigenvalue weighted by Crippen LogP contribution is -2.29. The van der Waals surface area contributed by atoms with E-state index >= 15 is 0 Å². The van der Waals surface area contributed by atoms with Gasteiger partial charge in [0.25, 0.3) is 5.91 Å². The number of aromatic hydroxyl groups is 1. The number of fused-ring (bicyclic) bond motifs is 1. The predicted molar refractivity (Wildman–Crippen MR) is 174 cm³/mol. The van der Waals surface area contributed by atoms with Crippen molar-refractivity contribution >= 4 is 28.2 Å². The first-order valence-corrected chi connectivity index (χ1v) is 15.3. The summed E-state index contributed by atoms with van der Waals surface area (Å²) in [4.78, 5) is 24.2. The van der Waals surface area contributed by atoms with Crippen LogP contribution in [0.15, 0.2) is 102 Å². The summed E-state index contributed by atoms with van der Waals surface area (Å²) in [5.41, 5.74) is 6.36. The molecule has 4 aromatic rings. The molecule has 0 aliphatic carbocycles. The summed E-state index contributed by atoms with van der Waals surface area (Å²) >= 11 is 0. The number of carbonyl (C=O) groups excluding carboxylic acids is 1. The van der Waals surface area contributed by atoms with Gasteiger partial charge < -0.3 is 20.7 Å². The minimum atomic E-state index is -0.161. The third kappa shape index (κ3) is 6.57. The molecule has 220 valence electrons. The third-order valence-electron chi connectivity index (χ3n) is 8.26. The summed E-state index contributed by atoms with van der Waals surface area (Å²) in [7, 11) is 0. The number of H-pyrrole nitrogens is 1. The van der Waals surface area contributed by atoms with Crippen molar-refractivity contribution in [2.75, 3.05) is 19.6 Å². The summed E-state index contributed by atoms with van der Waals surface area (Å²) in [5.74, 6) is -0.144. The smallest absolute Gasteiger partial charge is 0.251 e. The Bertz CT molecular complexity index is 1680. The lowest BCUT2D eigenvalue weighted by molar-refractivity contribution is 0.0935. The molecule has 1 amide bonds. The van der Waals surface area contributed by atoms with E-state index in [1.165, 1.54) is 24.8 Å². The highest BCUT2D eigenvalue weighted by atomic mass is 16.3. The van der Waals surface area contributed by atoms with Crippen LogP contribution < -0.4 is 10.6 Å². The molecule has 7 nitrogen and oxygen atoms in total. The number of aromatic nitrogens is 1. The van der Waals surface area contributed by atoms with Crippen molar-refractivity contribution in [1.82, 2.24) is 20.5 Å². The van der Waals surface area contributed by atoms with Gasteiger partial charge in [-0.1, -0.05) is 68.0 Å². The van der Waals surface area contributed by atoms with Crippen LogP contribution in [-0.2, 0) is 6.54 Å². The van der Waals surface area contributed by atoms with Crippen molar-refractivity contribution < 1.29 is 9.90 Å². The SMILES string of the molecule is CC[C@@H](NC(=O)c1ccc2[nH]c(O)c(C(=Nc3cccc(CN4CCCCC4)c3)C3=CC=CCN3)c2c1)c1ccccc1. The van der Waals surface area contributed by atoms with E-state index in [1.807, 2.05) is 72.8 Å². The minimum absolute atomic E-state index is 0.0174. The van der Waals surface area contributed by atoms with Gasteiger partial charge in [0.05, 0.1) is 23.0 Å². The zero-order chi connectivity index (χ0) is 29.6. The fourth-order valence-corrected chi connectivity index (χ4v) is 6.01. The standard InChI is InChI=1S/C36H39N5O2/c1-2-30(26-13-5-3-6-14-26)39-35(42)27-17-18-31-29(23-27)33(36(43)40-31)34(32-16-7-8-19-37-32)38-28-15-11-12-25(22-28)24-41-20-9-4-10-21-41/h3,5-8,11-18,22-23,30,37,40,43H,2,4,9-10,19-21,24H2,1H3,(H,39,42)/t30-/m1/s1. The van der Waals surface area contributed by atoms with Crippen LogP contribution in [0.2, 0.25) is 0 Å². The van der Waals surface area contributed by atoms with Gasteiger partial charge in [0.2, 0.25) is 0 Å². The minimum Gasteiger partial charge on any atom is -0.494 e. The predicted octanol–water partition coefficient (Wildman–Crippen LogP) is 6.90. The molecule has 1 fully saturated rings. The second kappa shape index (κ2) is 13.1. The van der Waals surface area contributed by atoms with E-state index in [-0.39, 0.29) is 17.8 Å². The largest absolute Gasteiger partial charge is 0.494 e. The number of allylic oxidation sites excluding steroid dienone is 3. The van der Waals surface area contributed by atoms with Gasteiger partial charge in [-0.15, -0.1) is 0 Å². The zero-order valence-electron chi connectivity index (χ0n) is 24.6. The molecule has 4 N–H and O–H groups in total. The first-order chi connectivity index (χ1) is 21.1. The number of likely N-dealkylation sites (tertiary alicyclic amines) is 1. The number of amides is 1. The van der Waals surface area contributed by atoms with Gasteiger partial charge in [-0.05, 0) is 79.9 Å². The molecule has 0 radical (unpaired) electrons. The van der Waals surface area contributed by atoms with E-state index in [9.17, 15) is 9.90 Å². The number of aromatic amines is 1. The third-order valence-corrected chi connectivity index (χ3v) is 8.26. The highest BCUT2D eigenvalue weighted by Gasteiger charge is 2.23. The van der Waals surface area contributed by atoms with Crippen molar-refractivity contribution in [3.63, 3.8) is 0 Å². The Labute approximate surface area is 253 Å². The van der Waals surface area contributed by atoms with Gasteiger partial charge >= 0.3 is 0 Å². The molecule has 1 aromatic heterocycles. The van der Waals surface area contributed by atoms with Crippen LogP contribution >= 0.6 is 0 Å². The first kappa shape index (κ1) is 28.5. The molecule has 1 saturated heterocycles. The molecule has 1 atom stereocenters. The molecular formula is C36H39N5O2. The molecule has 0 saturated carbocycles. The fraction of sp³-hybridized carbons (Fsp3) is 0.278. The van der Waals surface area contributed by atoms with E-state index < -0.39 is 0 Å². The molecule has 0 spiro atoms. The average molecular weight is 574 g/mol. The number of rotatable bonds is 9. The molecule has 6 rings (SSSR count). The lowest BCUT2D eigenvalue weighted by Gasteiger charge is -2.26. The first-order valence-electron chi connectivity index (χ1n) is 15.3. The van der Waals surface area contributed by atoms with Crippen LogP contribution in [0.4, 0.5) is 5.69 Å². The van der Waals surface area contributed by atoms with Gasteiger partial charge in [0.15, 0.2) is 5.88 Å². The van der Waals surface area contributed by atoms with Crippen LogP contribution in [0.1, 0.15) is 65.7 Å².